The lowest BCUT2D eigenvalue weighted by Gasteiger charge is -2.36. The topological polar surface area (TPSA) is 41.6 Å². The third-order valence-electron chi connectivity index (χ3n) is 5.48. The summed E-state index contributed by atoms with van der Waals surface area (Å²) >= 11 is 0. The van der Waals surface area contributed by atoms with E-state index in [-0.39, 0.29) is 5.31 Å². The maximum atomic E-state index is 4.49. The number of hydrogen-bond donors (Lipinski definition) is 1. The maximum absolute atomic E-state index is 4.49. The van der Waals surface area contributed by atoms with Crippen LogP contribution >= 0.6 is 0 Å². The minimum absolute atomic E-state index is 0.0878. The summed E-state index contributed by atoms with van der Waals surface area (Å²) in [6.45, 7) is 6.81. The van der Waals surface area contributed by atoms with Crippen LogP contribution in [-0.2, 0) is 6.42 Å². The van der Waals surface area contributed by atoms with Gasteiger partial charge in [0, 0.05) is 11.1 Å². The fourth-order valence-electron chi connectivity index (χ4n) is 3.75. The first-order valence-electron chi connectivity index (χ1n) is 8.50. The first-order chi connectivity index (χ1) is 11.6. The number of benzene rings is 2. The molecule has 2 aromatic carbocycles. The molecule has 0 bridgehead atoms. The Labute approximate surface area is 143 Å². The third-order valence-corrected chi connectivity index (χ3v) is 5.48. The molecule has 0 spiro atoms. The Morgan fingerprint density at radius 2 is 1.58 bits per heavy atom. The van der Waals surface area contributed by atoms with Gasteiger partial charge < -0.3 is 0 Å². The molecule has 3 aromatic rings. The molecule has 1 atom stereocenters. The summed E-state index contributed by atoms with van der Waals surface area (Å²) in [5.74, 6) is 0.393. The average Bonchev–Trinajstić information content (AvgIpc) is 3.07. The average molecular weight is 314 g/mol. The number of fused-ring (bicyclic) bond motifs is 5. The lowest BCUT2D eigenvalue weighted by Crippen LogP contribution is -2.24. The fraction of sp³-hybridized carbons (Fsp3) is 0.300. The quantitative estimate of drug-likeness (QED) is 0.695. The molecule has 1 aromatic heterocycles. The molecule has 0 saturated carbocycles. The highest BCUT2D eigenvalue weighted by molar-refractivity contribution is 6.38. The lowest BCUT2D eigenvalue weighted by atomic mass is 9.48. The van der Waals surface area contributed by atoms with Gasteiger partial charge in [-0.05, 0) is 23.5 Å². The van der Waals surface area contributed by atoms with Gasteiger partial charge in [0.1, 0.15) is 18.7 Å². The monoisotopic (exact) mass is 314 g/mol. The zero-order valence-corrected chi connectivity index (χ0v) is 14.4. The number of nitrogens with one attached hydrogen (secondary N) is 1. The third kappa shape index (κ3) is 2.29. The van der Waals surface area contributed by atoms with Gasteiger partial charge in [-0.2, -0.15) is 15.4 Å². The van der Waals surface area contributed by atoms with Crippen LogP contribution in [0.2, 0.25) is 12.1 Å². The predicted octanol–water partition coefficient (Wildman–Crippen LogP) is 4.73. The van der Waals surface area contributed by atoms with Crippen molar-refractivity contribution in [2.24, 2.45) is 0 Å². The van der Waals surface area contributed by atoms with Crippen LogP contribution in [0.1, 0.15) is 30.9 Å². The van der Waals surface area contributed by atoms with Crippen molar-refractivity contribution < 1.29 is 0 Å². The molecule has 3 nitrogen and oxygen atoms in total. The molecule has 1 heterocycles. The molecule has 119 valence electrons. The Morgan fingerprint density at radius 1 is 0.958 bits per heavy atom. The highest BCUT2D eigenvalue weighted by atomic mass is 15.3. The van der Waals surface area contributed by atoms with Crippen molar-refractivity contribution >= 4 is 7.28 Å². The van der Waals surface area contributed by atoms with E-state index in [9.17, 15) is 0 Å². The SMILES string of the molecule is C[B]C(C)(C)C1Cc2ccccc2-c2n[nH]nc2-c2ccccc21. The van der Waals surface area contributed by atoms with Gasteiger partial charge >= 0.3 is 0 Å². The number of hydrogen-bond acceptors (Lipinski definition) is 2. The van der Waals surface area contributed by atoms with Crippen molar-refractivity contribution in [3.63, 3.8) is 0 Å². The molecule has 1 aliphatic rings. The fourth-order valence-corrected chi connectivity index (χ4v) is 3.75. The molecule has 1 radical (unpaired) electrons. The minimum atomic E-state index is 0.0878. The molecular weight excluding hydrogens is 293 g/mol. The molecule has 4 heteroatoms. The second-order valence-corrected chi connectivity index (χ2v) is 7.13. The highest BCUT2D eigenvalue weighted by Crippen LogP contribution is 2.49. The lowest BCUT2D eigenvalue weighted by molar-refractivity contribution is 0.513. The van der Waals surface area contributed by atoms with E-state index in [4.69, 9.17) is 0 Å². The van der Waals surface area contributed by atoms with Crippen molar-refractivity contribution in [1.82, 2.24) is 15.4 Å². The van der Waals surface area contributed by atoms with Gasteiger partial charge in [-0.1, -0.05) is 74.5 Å². The Morgan fingerprint density at radius 3 is 2.33 bits per heavy atom. The smallest absolute Gasteiger partial charge is 0.121 e. The van der Waals surface area contributed by atoms with Crippen LogP contribution in [0.3, 0.4) is 0 Å². The Bertz CT molecular complexity index is 882. The summed E-state index contributed by atoms with van der Waals surface area (Å²) in [6, 6.07) is 17.2. The van der Waals surface area contributed by atoms with Crippen molar-refractivity contribution in [2.45, 2.75) is 38.3 Å². The molecule has 0 fully saturated rings. The van der Waals surface area contributed by atoms with Gasteiger partial charge in [0.2, 0.25) is 0 Å². The Kier molecular flexibility index (Phi) is 3.56. The van der Waals surface area contributed by atoms with E-state index in [1.807, 2.05) is 0 Å². The predicted molar refractivity (Wildman–Crippen MR) is 99.4 cm³/mol. The van der Waals surface area contributed by atoms with Crippen LogP contribution in [0, 0.1) is 0 Å². The summed E-state index contributed by atoms with van der Waals surface area (Å²) in [5, 5.41) is 11.9. The normalized spacial score (nSPS) is 16.4. The second-order valence-electron chi connectivity index (χ2n) is 7.13. The van der Waals surface area contributed by atoms with E-state index in [1.54, 1.807) is 0 Å². The first kappa shape index (κ1) is 15.2. The Hall–Kier alpha value is -2.36. The Balaban J connectivity index is 2.04. The molecular formula is C20H21BN3. The van der Waals surface area contributed by atoms with E-state index < -0.39 is 0 Å². The molecule has 24 heavy (non-hydrogen) atoms. The molecule has 4 rings (SSSR count). The van der Waals surface area contributed by atoms with Crippen molar-refractivity contribution in [1.29, 1.82) is 0 Å². The van der Waals surface area contributed by atoms with Crippen LogP contribution < -0.4 is 0 Å². The molecule has 1 unspecified atom stereocenters. The zero-order valence-electron chi connectivity index (χ0n) is 14.4. The van der Waals surface area contributed by atoms with E-state index in [0.717, 1.165) is 17.8 Å². The van der Waals surface area contributed by atoms with Crippen molar-refractivity contribution in [3.8, 4) is 22.5 Å². The number of nitrogens with zero attached hydrogens (tertiary/aromatic N) is 2. The summed E-state index contributed by atoms with van der Waals surface area (Å²) in [4.78, 5) is 0. The van der Waals surface area contributed by atoms with Crippen LogP contribution in [0.15, 0.2) is 48.5 Å². The van der Waals surface area contributed by atoms with Crippen LogP contribution in [-0.4, -0.2) is 22.7 Å². The summed E-state index contributed by atoms with van der Waals surface area (Å²) < 4.78 is 0. The number of H-pyrrole nitrogens is 1. The minimum Gasteiger partial charge on any atom is -0.197 e. The van der Waals surface area contributed by atoms with E-state index >= 15 is 0 Å². The van der Waals surface area contributed by atoms with E-state index in [1.165, 1.54) is 22.3 Å². The van der Waals surface area contributed by atoms with Crippen molar-refractivity contribution in [3.05, 3.63) is 59.7 Å². The molecule has 0 aliphatic heterocycles. The number of aromatic amines is 1. The van der Waals surface area contributed by atoms with Crippen LogP contribution in [0.4, 0.5) is 0 Å². The molecule has 1 N–H and O–H groups in total. The van der Waals surface area contributed by atoms with Gasteiger partial charge in [-0.15, -0.1) is 0 Å². The van der Waals surface area contributed by atoms with Gasteiger partial charge in [0.15, 0.2) is 0 Å². The number of aromatic nitrogens is 3. The van der Waals surface area contributed by atoms with Gasteiger partial charge in [0.05, 0.1) is 0 Å². The van der Waals surface area contributed by atoms with Gasteiger partial charge in [0.25, 0.3) is 0 Å². The molecule has 0 amide bonds. The van der Waals surface area contributed by atoms with Crippen LogP contribution in [0.5, 0.6) is 0 Å². The van der Waals surface area contributed by atoms with Gasteiger partial charge in [-0.25, -0.2) is 0 Å². The molecule has 0 saturated heterocycles. The maximum Gasteiger partial charge on any atom is 0.121 e. The standard InChI is InChI=1S/C20H21BN3/c1-20(2,21-3)17-12-13-8-4-5-9-14(13)18-19(23-24-22-18)16-11-7-6-10-15(16)17/h4-11,17H,12H2,1-3H3,(H,22,23,24). The van der Waals surface area contributed by atoms with Crippen LogP contribution in [0.25, 0.3) is 22.5 Å². The zero-order chi connectivity index (χ0) is 16.7. The summed E-state index contributed by atoms with van der Waals surface area (Å²) in [5.41, 5.74) is 6.97. The summed E-state index contributed by atoms with van der Waals surface area (Å²) in [7, 11) is 2.32. The van der Waals surface area contributed by atoms with Crippen molar-refractivity contribution in [2.75, 3.05) is 0 Å². The van der Waals surface area contributed by atoms with E-state index in [2.05, 4.69) is 91.9 Å². The molecule has 1 aliphatic carbocycles. The van der Waals surface area contributed by atoms with E-state index in [0.29, 0.717) is 5.92 Å². The largest absolute Gasteiger partial charge is 0.197 e. The first-order valence-corrected chi connectivity index (χ1v) is 8.50. The highest BCUT2D eigenvalue weighted by Gasteiger charge is 2.34. The summed E-state index contributed by atoms with van der Waals surface area (Å²) in [6.07, 6.45) is 0.997. The number of rotatable bonds is 2. The second kappa shape index (κ2) is 5.62. The van der Waals surface area contributed by atoms with Gasteiger partial charge in [-0.3, -0.25) is 0 Å².